The molecule has 252 valence electrons. The van der Waals surface area contributed by atoms with Crippen LogP contribution >= 0.6 is 0 Å². The zero-order valence-corrected chi connectivity index (χ0v) is 28.7. The van der Waals surface area contributed by atoms with Crippen molar-refractivity contribution >= 4 is 0 Å². The fourth-order valence-electron chi connectivity index (χ4n) is 7.38. The number of ether oxygens (including phenoxy) is 2. The molecule has 2 N–H and O–H groups in total. The maximum Gasteiger partial charge on any atom is 0.123 e. The fraction of sp³-hybridized carbons (Fsp3) is 0.692. The predicted molar refractivity (Wildman–Crippen MR) is 189 cm³/mol. The van der Waals surface area contributed by atoms with Crippen molar-refractivity contribution in [1.29, 1.82) is 0 Å². The molecular formula is C39H64N4O2. The summed E-state index contributed by atoms with van der Waals surface area (Å²) >= 11 is 0. The Kier molecular flexibility index (Phi) is 17.2. The summed E-state index contributed by atoms with van der Waals surface area (Å²) in [4.78, 5) is 5.49. The molecule has 0 aliphatic carbocycles. The van der Waals surface area contributed by atoms with E-state index in [9.17, 15) is 0 Å². The van der Waals surface area contributed by atoms with E-state index < -0.39 is 0 Å². The van der Waals surface area contributed by atoms with Crippen molar-refractivity contribution in [3.05, 3.63) is 59.7 Å². The molecule has 2 heterocycles. The molecule has 2 saturated heterocycles. The number of nitrogens with one attached hydrogen (secondary N) is 2. The Labute approximate surface area is 275 Å². The highest BCUT2D eigenvalue weighted by Crippen LogP contribution is 2.30. The quantitative estimate of drug-likeness (QED) is 0.133. The summed E-state index contributed by atoms with van der Waals surface area (Å²) in [5, 5.41) is 7.17. The van der Waals surface area contributed by atoms with Crippen molar-refractivity contribution in [3.8, 4) is 11.5 Å². The molecular weight excluding hydrogens is 556 g/mol. The normalized spacial score (nSPS) is 17.1. The minimum Gasteiger partial charge on any atom is -0.496 e. The van der Waals surface area contributed by atoms with Crippen LogP contribution in [0.15, 0.2) is 48.5 Å². The van der Waals surface area contributed by atoms with E-state index in [1.54, 1.807) is 14.2 Å². The van der Waals surface area contributed by atoms with Gasteiger partial charge >= 0.3 is 0 Å². The van der Waals surface area contributed by atoms with Crippen LogP contribution in [-0.4, -0.2) is 76.4 Å². The van der Waals surface area contributed by atoms with Gasteiger partial charge in [-0.25, -0.2) is 0 Å². The first-order valence-electron chi connectivity index (χ1n) is 18.3. The number of likely N-dealkylation sites (tertiary alicyclic amines) is 2. The van der Waals surface area contributed by atoms with Crippen LogP contribution in [0.3, 0.4) is 0 Å². The van der Waals surface area contributed by atoms with E-state index in [2.05, 4.69) is 44.7 Å². The molecule has 0 amide bonds. The van der Waals surface area contributed by atoms with Gasteiger partial charge in [0.15, 0.2) is 0 Å². The van der Waals surface area contributed by atoms with Crippen LogP contribution in [0, 0.1) is 11.8 Å². The molecule has 2 aliphatic rings. The number of rotatable bonds is 22. The van der Waals surface area contributed by atoms with Gasteiger partial charge in [-0.2, -0.15) is 0 Å². The van der Waals surface area contributed by atoms with Crippen LogP contribution in [0.4, 0.5) is 0 Å². The summed E-state index contributed by atoms with van der Waals surface area (Å²) in [6, 6.07) is 16.6. The van der Waals surface area contributed by atoms with E-state index in [4.69, 9.17) is 9.47 Å². The molecule has 0 atom stereocenters. The average molecular weight is 621 g/mol. The molecule has 0 saturated carbocycles. The number of piperidine rings is 2. The fourth-order valence-corrected chi connectivity index (χ4v) is 7.38. The smallest absolute Gasteiger partial charge is 0.123 e. The first-order valence-corrected chi connectivity index (χ1v) is 18.3. The third kappa shape index (κ3) is 13.6. The monoisotopic (exact) mass is 621 g/mol. The molecule has 2 aromatic carbocycles. The maximum atomic E-state index is 5.45. The summed E-state index contributed by atoms with van der Waals surface area (Å²) in [5.74, 6) is 3.92. The molecule has 4 rings (SSSR count). The Bertz CT molecular complexity index is 952. The van der Waals surface area contributed by atoms with Gasteiger partial charge < -0.3 is 29.9 Å². The lowest BCUT2D eigenvalue weighted by atomic mass is 9.82. The van der Waals surface area contributed by atoms with Crippen molar-refractivity contribution in [2.24, 2.45) is 11.8 Å². The van der Waals surface area contributed by atoms with Crippen LogP contribution in [-0.2, 0) is 13.1 Å². The Hall–Kier alpha value is -2.12. The van der Waals surface area contributed by atoms with Gasteiger partial charge in [0, 0.05) is 24.2 Å². The highest BCUT2D eigenvalue weighted by Gasteiger charge is 2.25. The third-order valence-corrected chi connectivity index (χ3v) is 10.3. The van der Waals surface area contributed by atoms with Crippen LogP contribution in [0.1, 0.15) is 94.6 Å². The first kappa shape index (κ1) is 35.7. The number of hydrogen-bond donors (Lipinski definition) is 2. The summed E-state index contributed by atoms with van der Waals surface area (Å²) < 4.78 is 10.9. The second-order valence-corrected chi connectivity index (χ2v) is 13.6. The molecule has 0 aromatic heterocycles. The summed E-state index contributed by atoms with van der Waals surface area (Å²) in [6.07, 6.45) is 17.8. The average Bonchev–Trinajstić information content (AvgIpc) is 3.09. The molecule has 0 unspecified atom stereocenters. The van der Waals surface area contributed by atoms with E-state index in [1.807, 2.05) is 24.3 Å². The SMILES string of the molecule is COc1ccccc1CNCCCCCCN1CCC(CC2CCN(CCCCCCNCc3ccccc3OC)CC2)CC1. The molecule has 45 heavy (non-hydrogen) atoms. The Morgan fingerprint density at radius 3 is 1.38 bits per heavy atom. The van der Waals surface area contributed by atoms with Crippen molar-refractivity contribution < 1.29 is 9.47 Å². The van der Waals surface area contributed by atoms with Crippen LogP contribution < -0.4 is 20.1 Å². The van der Waals surface area contributed by atoms with Crippen molar-refractivity contribution in [3.63, 3.8) is 0 Å². The molecule has 0 radical (unpaired) electrons. The van der Waals surface area contributed by atoms with Gasteiger partial charge in [0.05, 0.1) is 14.2 Å². The molecule has 6 heteroatoms. The summed E-state index contributed by atoms with van der Waals surface area (Å²) in [6.45, 7) is 11.9. The van der Waals surface area contributed by atoms with Crippen LogP contribution in [0.25, 0.3) is 0 Å². The van der Waals surface area contributed by atoms with Crippen molar-refractivity contribution in [1.82, 2.24) is 20.4 Å². The van der Waals surface area contributed by atoms with Gasteiger partial charge in [-0.1, -0.05) is 62.1 Å². The van der Waals surface area contributed by atoms with Crippen LogP contribution in [0.2, 0.25) is 0 Å². The molecule has 0 bridgehead atoms. The third-order valence-electron chi connectivity index (χ3n) is 10.3. The molecule has 6 nitrogen and oxygen atoms in total. The Morgan fingerprint density at radius 2 is 0.956 bits per heavy atom. The number of nitrogens with zero attached hydrogens (tertiary/aromatic N) is 2. The second-order valence-electron chi connectivity index (χ2n) is 13.6. The molecule has 2 fully saturated rings. The van der Waals surface area contributed by atoms with Crippen LogP contribution in [0.5, 0.6) is 11.5 Å². The minimum absolute atomic E-state index is 0.893. The van der Waals surface area contributed by atoms with Crippen molar-refractivity contribution in [2.75, 3.05) is 66.6 Å². The molecule has 0 spiro atoms. The number of methoxy groups -OCH3 is 2. The molecule has 2 aromatic rings. The van der Waals surface area contributed by atoms with E-state index >= 15 is 0 Å². The lowest BCUT2D eigenvalue weighted by molar-refractivity contribution is 0.131. The standard InChI is InChI=1S/C39H64N4O2/c1-44-38-17-9-7-15-36(38)32-40-23-11-3-5-13-25-42-27-19-34(20-28-42)31-35-21-29-43(30-22-35)26-14-6-4-12-24-41-33-37-16-8-10-18-39(37)45-2/h7-10,15-18,34-35,40-41H,3-6,11-14,19-33H2,1-2H3. The lowest BCUT2D eigenvalue weighted by Gasteiger charge is -2.37. The zero-order chi connectivity index (χ0) is 31.4. The lowest BCUT2D eigenvalue weighted by Crippen LogP contribution is -2.37. The minimum atomic E-state index is 0.893. The summed E-state index contributed by atoms with van der Waals surface area (Å²) in [5.41, 5.74) is 2.49. The Balaban J connectivity index is 0.920. The maximum absolute atomic E-state index is 5.45. The zero-order valence-electron chi connectivity index (χ0n) is 28.7. The molecule has 2 aliphatic heterocycles. The number of hydrogen-bond acceptors (Lipinski definition) is 6. The topological polar surface area (TPSA) is 49.0 Å². The predicted octanol–water partition coefficient (Wildman–Crippen LogP) is 7.52. The number of unbranched alkanes of at least 4 members (excludes halogenated alkanes) is 6. The van der Waals surface area contributed by atoms with E-state index in [1.165, 1.54) is 134 Å². The van der Waals surface area contributed by atoms with Gasteiger partial charge in [0.1, 0.15) is 11.5 Å². The van der Waals surface area contributed by atoms with E-state index in [-0.39, 0.29) is 0 Å². The highest BCUT2D eigenvalue weighted by atomic mass is 16.5. The van der Waals surface area contributed by atoms with Gasteiger partial charge in [0.2, 0.25) is 0 Å². The number of benzene rings is 2. The van der Waals surface area contributed by atoms with Gasteiger partial charge in [-0.3, -0.25) is 0 Å². The van der Waals surface area contributed by atoms with E-state index in [0.29, 0.717) is 0 Å². The first-order chi connectivity index (χ1) is 22.2. The highest BCUT2D eigenvalue weighted by molar-refractivity contribution is 5.33. The van der Waals surface area contributed by atoms with Crippen molar-refractivity contribution in [2.45, 2.75) is 96.6 Å². The van der Waals surface area contributed by atoms with E-state index in [0.717, 1.165) is 49.5 Å². The largest absolute Gasteiger partial charge is 0.496 e. The van der Waals surface area contributed by atoms with Gasteiger partial charge in [0.25, 0.3) is 0 Å². The number of para-hydroxylation sites is 2. The Morgan fingerprint density at radius 1 is 0.556 bits per heavy atom. The summed E-state index contributed by atoms with van der Waals surface area (Å²) in [7, 11) is 3.50. The van der Waals surface area contributed by atoms with Gasteiger partial charge in [-0.05, 0) is 134 Å². The second kappa shape index (κ2) is 21.6. The van der Waals surface area contributed by atoms with Gasteiger partial charge in [-0.15, -0.1) is 0 Å².